The van der Waals surface area contributed by atoms with Gasteiger partial charge in [-0.15, -0.1) is 0 Å². The minimum absolute atomic E-state index is 0.141. The maximum atomic E-state index is 12.9. The molecule has 1 aromatic carbocycles. The Kier molecular flexibility index (Phi) is 3.44. The van der Waals surface area contributed by atoms with Crippen LogP contribution in [-0.4, -0.2) is 17.3 Å². The summed E-state index contributed by atoms with van der Waals surface area (Å²) in [5.74, 6) is 0.418. The zero-order valence-electron chi connectivity index (χ0n) is 9.45. The van der Waals surface area contributed by atoms with Gasteiger partial charge in [-0.2, -0.15) is 0 Å². The van der Waals surface area contributed by atoms with Gasteiger partial charge in [0.1, 0.15) is 17.7 Å². The summed E-state index contributed by atoms with van der Waals surface area (Å²) in [4.78, 5) is 0. The number of rotatable bonds is 2. The molecule has 1 aliphatic rings. The van der Waals surface area contributed by atoms with Crippen molar-refractivity contribution < 1.29 is 14.2 Å². The summed E-state index contributed by atoms with van der Waals surface area (Å²) in [6.07, 6.45) is 3.28. The van der Waals surface area contributed by atoms with Gasteiger partial charge in [0, 0.05) is 0 Å². The smallest absolute Gasteiger partial charge is 0.124 e. The molecular weight excluding hydrogens is 207 g/mol. The van der Waals surface area contributed by atoms with Crippen LogP contribution in [0, 0.1) is 12.7 Å². The molecule has 16 heavy (non-hydrogen) atoms. The van der Waals surface area contributed by atoms with Crippen molar-refractivity contribution in [1.29, 1.82) is 0 Å². The third-order valence-corrected chi connectivity index (χ3v) is 3.08. The Balaban J connectivity index is 2.07. The van der Waals surface area contributed by atoms with Crippen LogP contribution in [0.15, 0.2) is 18.2 Å². The number of aliphatic hydroxyl groups is 1. The second-order valence-corrected chi connectivity index (χ2v) is 4.42. The van der Waals surface area contributed by atoms with Crippen molar-refractivity contribution in [1.82, 2.24) is 0 Å². The highest BCUT2D eigenvalue weighted by atomic mass is 19.1. The Hall–Kier alpha value is -1.09. The minimum atomic E-state index is -0.391. The topological polar surface area (TPSA) is 29.5 Å². The van der Waals surface area contributed by atoms with Gasteiger partial charge in [-0.3, -0.25) is 0 Å². The standard InChI is InChI=1S/C13H17FO2/c1-9-8-10(14)6-7-12(9)16-13-5-3-2-4-11(13)15/h6-8,11,13,15H,2-5H2,1H3. The largest absolute Gasteiger partial charge is 0.487 e. The highest BCUT2D eigenvalue weighted by Gasteiger charge is 2.24. The summed E-state index contributed by atoms with van der Waals surface area (Å²) in [5.41, 5.74) is 0.776. The molecule has 88 valence electrons. The molecule has 0 bridgehead atoms. The molecule has 2 unspecified atom stereocenters. The van der Waals surface area contributed by atoms with Crippen LogP contribution in [0.1, 0.15) is 31.2 Å². The first kappa shape index (κ1) is 11.4. The monoisotopic (exact) mass is 224 g/mol. The van der Waals surface area contributed by atoms with E-state index in [2.05, 4.69) is 0 Å². The molecule has 1 saturated carbocycles. The normalized spacial score (nSPS) is 25.4. The van der Waals surface area contributed by atoms with Crippen molar-refractivity contribution >= 4 is 0 Å². The molecule has 1 fully saturated rings. The number of hydrogen-bond donors (Lipinski definition) is 1. The first-order chi connectivity index (χ1) is 7.66. The van der Waals surface area contributed by atoms with Gasteiger partial charge >= 0.3 is 0 Å². The second kappa shape index (κ2) is 4.83. The molecule has 2 atom stereocenters. The van der Waals surface area contributed by atoms with Crippen LogP contribution < -0.4 is 4.74 Å². The Morgan fingerprint density at radius 3 is 2.75 bits per heavy atom. The molecule has 0 amide bonds. The molecule has 0 radical (unpaired) electrons. The number of ether oxygens (including phenoxy) is 1. The number of aryl methyl sites for hydroxylation is 1. The SMILES string of the molecule is Cc1cc(F)ccc1OC1CCCCC1O. The van der Waals surface area contributed by atoms with E-state index in [4.69, 9.17) is 4.74 Å². The van der Waals surface area contributed by atoms with Crippen molar-refractivity contribution in [2.45, 2.75) is 44.8 Å². The van der Waals surface area contributed by atoms with E-state index in [1.54, 1.807) is 6.07 Å². The maximum Gasteiger partial charge on any atom is 0.124 e. The quantitative estimate of drug-likeness (QED) is 0.837. The molecule has 0 aliphatic heterocycles. The van der Waals surface area contributed by atoms with E-state index in [0.29, 0.717) is 5.75 Å². The van der Waals surface area contributed by atoms with Crippen molar-refractivity contribution in [3.05, 3.63) is 29.6 Å². The number of aliphatic hydroxyl groups excluding tert-OH is 1. The van der Waals surface area contributed by atoms with Gasteiger partial charge in [-0.1, -0.05) is 6.42 Å². The van der Waals surface area contributed by atoms with Crippen LogP contribution in [0.2, 0.25) is 0 Å². The molecule has 1 aliphatic carbocycles. The Bertz CT molecular complexity index is 365. The lowest BCUT2D eigenvalue weighted by molar-refractivity contribution is 0.00651. The predicted octanol–water partition coefficient (Wildman–Crippen LogP) is 2.82. The zero-order chi connectivity index (χ0) is 11.5. The molecule has 0 heterocycles. The molecule has 0 spiro atoms. The van der Waals surface area contributed by atoms with Gasteiger partial charge in [0.25, 0.3) is 0 Å². The van der Waals surface area contributed by atoms with Crippen LogP contribution in [-0.2, 0) is 0 Å². The lowest BCUT2D eigenvalue weighted by atomic mass is 9.95. The van der Waals surface area contributed by atoms with E-state index in [1.165, 1.54) is 12.1 Å². The van der Waals surface area contributed by atoms with Crippen LogP contribution >= 0.6 is 0 Å². The lowest BCUT2D eigenvalue weighted by Crippen LogP contribution is -2.34. The van der Waals surface area contributed by atoms with Gasteiger partial charge in [0.2, 0.25) is 0 Å². The minimum Gasteiger partial charge on any atom is -0.487 e. The Morgan fingerprint density at radius 1 is 1.31 bits per heavy atom. The summed E-state index contributed by atoms with van der Waals surface area (Å²) in [6, 6.07) is 4.47. The Morgan fingerprint density at radius 2 is 2.06 bits per heavy atom. The van der Waals surface area contributed by atoms with Crippen LogP contribution in [0.25, 0.3) is 0 Å². The third-order valence-electron chi connectivity index (χ3n) is 3.08. The van der Waals surface area contributed by atoms with Gasteiger partial charge in [0.15, 0.2) is 0 Å². The van der Waals surface area contributed by atoms with E-state index in [1.807, 2.05) is 6.92 Å². The molecule has 2 nitrogen and oxygen atoms in total. The molecule has 1 N–H and O–H groups in total. The van der Waals surface area contributed by atoms with Crippen LogP contribution in [0.3, 0.4) is 0 Å². The van der Waals surface area contributed by atoms with Gasteiger partial charge in [-0.25, -0.2) is 4.39 Å². The van der Waals surface area contributed by atoms with E-state index in [0.717, 1.165) is 31.2 Å². The van der Waals surface area contributed by atoms with Crippen molar-refractivity contribution in [3.8, 4) is 5.75 Å². The molecule has 2 rings (SSSR count). The number of hydrogen-bond acceptors (Lipinski definition) is 2. The van der Waals surface area contributed by atoms with Crippen molar-refractivity contribution in [2.75, 3.05) is 0 Å². The van der Waals surface area contributed by atoms with E-state index in [9.17, 15) is 9.50 Å². The van der Waals surface area contributed by atoms with Crippen LogP contribution in [0.4, 0.5) is 4.39 Å². The predicted molar refractivity (Wildman–Crippen MR) is 60.0 cm³/mol. The zero-order valence-corrected chi connectivity index (χ0v) is 9.45. The number of benzene rings is 1. The fraction of sp³-hybridized carbons (Fsp3) is 0.538. The van der Waals surface area contributed by atoms with Crippen molar-refractivity contribution in [2.24, 2.45) is 0 Å². The summed E-state index contributed by atoms with van der Waals surface area (Å²) < 4.78 is 18.6. The summed E-state index contributed by atoms with van der Waals surface area (Å²) in [6.45, 7) is 1.81. The van der Waals surface area contributed by atoms with E-state index in [-0.39, 0.29) is 11.9 Å². The summed E-state index contributed by atoms with van der Waals surface area (Å²) >= 11 is 0. The molecule has 0 aromatic heterocycles. The first-order valence-corrected chi connectivity index (χ1v) is 5.77. The van der Waals surface area contributed by atoms with Gasteiger partial charge < -0.3 is 9.84 Å². The second-order valence-electron chi connectivity index (χ2n) is 4.42. The lowest BCUT2D eigenvalue weighted by Gasteiger charge is -2.28. The number of halogens is 1. The highest BCUT2D eigenvalue weighted by Crippen LogP contribution is 2.26. The van der Waals surface area contributed by atoms with E-state index >= 15 is 0 Å². The molecule has 0 saturated heterocycles. The average molecular weight is 224 g/mol. The highest BCUT2D eigenvalue weighted by molar-refractivity contribution is 5.32. The molecule has 1 aromatic rings. The molecular formula is C13H17FO2. The maximum absolute atomic E-state index is 12.9. The van der Waals surface area contributed by atoms with E-state index < -0.39 is 6.10 Å². The van der Waals surface area contributed by atoms with Gasteiger partial charge in [0.05, 0.1) is 6.10 Å². The van der Waals surface area contributed by atoms with Crippen molar-refractivity contribution in [3.63, 3.8) is 0 Å². The summed E-state index contributed by atoms with van der Waals surface area (Å²) in [5, 5.41) is 9.78. The third kappa shape index (κ3) is 2.53. The fourth-order valence-electron chi connectivity index (χ4n) is 2.12. The molecule has 3 heteroatoms. The summed E-state index contributed by atoms with van der Waals surface area (Å²) in [7, 11) is 0. The fourth-order valence-corrected chi connectivity index (χ4v) is 2.12. The average Bonchev–Trinajstić information content (AvgIpc) is 2.25. The van der Waals surface area contributed by atoms with Crippen LogP contribution in [0.5, 0.6) is 5.75 Å². The first-order valence-electron chi connectivity index (χ1n) is 5.77. The Labute approximate surface area is 95.1 Å². The van der Waals surface area contributed by atoms with Gasteiger partial charge in [-0.05, 0) is 49.9 Å².